The predicted molar refractivity (Wildman–Crippen MR) is 91.8 cm³/mol. The summed E-state index contributed by atoms with van der Waals surface area (Å²) in [5.41, 5.74) is 2.34. The van der Waals surface area contributed by atoms with Gasteiger partial charge in [0.2, 0.25) is 0 Å². The van der Waals surface area contributed by atoms with E-state index >= 15 is 0 Å². The van der Waals surface area contributed by atoms with Gasteiger partial charge in [0, 0.05) is 5.75 Å². The van der Waals surface area contributed by atoms with E-state index in [1.807, 2.05) is 5.48 Å². The Morgan fingerprint density at radius 3 is 2.84 bits per heavy atom. The van der Waals surface area contributed by atoms with Crippen molar-refractivity contribution in [1.82, 2.24) is 15.8 Å². The van der Waals surface area contributed by atoms with Crippen LogP contribution in [0.2, 0.25) is 0 Å². The van der Waals surface area contributed by atoms with Gasteiger partial charge in [0.25, 0.3) is 0 Å². The van der Waals surface area contributed by atoms with E-state index in [9.17, 15) is 14.2 Å². The average Bonchev–Trinajstić information content (AvgIpc) is 3.00. The van der Waals surface area contributed by atoms with Gasteiger partial charge in [0.05, 0.1) is 16.3 Å². The summed E-state index contributed by atoms with van der Waals surface area (Å²) in [6.07, 6.45) is 0.00853. The van der Waals surface area contributed by atoms with Gasteiger partial charge in [-0.05, 0) is 50.9 Å². The summed E-state index contributed by atoms with van der Waals surface area (Å²) in [5.74, 6) is -0.174. The zero-order valence-electron chi connectivity index (χ0n) is 12.5. The number of benzene rings is 1. The Morgan fingerprint density at radius 1 is 1.44 bits per heavy atom. The Hall–Kier alpha value is -1.30. The van der Waals surface area contributed by atoms with E-state index in [1.165, 1.54) is 18.2 Å². The summed E-state index contributed by atoms with van der Waals surface area (Å²) in [6.45, 7) is 0. The number of amidine groups is 1. The molecule has 0 radical (unpaired) electrons. The van der Waals surface area contributed by atoms with Crippen LogP contribution in [0.5, 0.6) is 0 Å². The number of hydroxylamine groups is 1. The number of hydrogen-bond acceptors (Lipinski definition) is 7. The molecule has 25 heavy (non-hydrogen) atoms. The molecule has 2 rings (SSSR count). The highest BCUT2D eigenvalue weighted by Gasteiger charge is 2.18. The van der Waals surface area contributed by atoms with Gasteiger partial charge < -0.3 is 9.79 Å². The number of hydrogen-bond donors (Lipinski definition) is 4. The Kier molecular flexibility index (Phi) is 7.11. The monoisotopic (exact) mass is 454 g/mol. The molecule has 0 aliphatic rings. The molecule has 0 spiro atoms. The lowest BCUT2D eigenvalue weighted by Gasteiger charge is -2.04. The molecule has 2 aromatic rings. The Labute approximate surface area is 153 Å². The highest BCUT2D eigenvalue weighted by molar-refractivity contribution is 9.10. The average molecular weight is 455 g/mol. The number of thioether (sulfide) groups is 1. The summed E-state index contributed by atoms with van der Waals surface area (Å²) >= 11 is 4.18. The van der Waals surface area contributed by atoms with Crippen LogP contribution >= 0.6 is 35.3 Å². The molecule has 4 N–H and O–H groups in total. The maximum Gasteiger partial charge on any atom is 0.325 e. The fraction of sp³-hybridized carbons (Fsp3) is 0.250. The lowest BCUT2D eigenvalue weighted by molar-refractivity contribution is 0.234. The lowest BCUT2D eigenvalue weighted by Crippen LogP contribution is -2.21. The van der Waals surface area contributed by atoms with Crippen molar-refractivity contribution in [2.45, 2.75) is 11.4 Å². The third-order valence-corrected chi connectivity index (χ3v) is 5.31. The van der Waals surface area contributed by atoms with Crippen molar-refractivity contribution in [3.63, 3.8) is 0 Å². The maximum atomic E-state index is 13.3. The van der Waals surface area contributed by atoms with Gasteiger partial charge in [-0.2, -0.15) is 0 Å². The predicted octanol–water partition coefficient (Wildman–Crippen LogP) is 2.69. The van der Waals surface area contributed by atoms with Crippen LogP contribution in [0.1, 0.15) is 12.1 Å². The van der Waals surface area contributed by atoms with Gasteiger partial charge in [-0.25, -0.2) is 14.0 Å². The summed E-state index contributed by atoms with van der Waals surface area (Å²) in [4.78, 5) is 21.8. The van der Waals surface area contributed by atoms with E-state index in [4.69, 9.17) is 9.79 Å². The summed E-state index contributed by atoms with van der Waals surface area (Å²) in [7, 11) is -4.05. The van der Waals surface area contributed by atoms with Crippen LogP contribution in [-0.4, -0.2) is 43.1 Å². The zero-order valence-corrected chi connectivity index (χ0v) is 15.8. The zero-order chi connectivity index (χ0) is 18.4. The molecule has 0 aliphatic heterocycles. The first-order chi connectivity index (χ1) is 11.8. The van der Waals surface area contributed by atoms with E-state index in [0.717, 1.165) is 11.8 Å². The minimum Gasteiger partial charge on any atom is -0.324 e. The molecule has 0 aliphatic carbocycles. The second-order valence-electron chi connectivity index (χ2n) is 4.68. The topological polar surface area (TPSA) is 141 Å². The van der Waals surface area contributed by atoms with Crippen LogP contribution in [0.4, 0.5) is 10.1 Å². The minimum atomic E-state index is -4.05. The first-order valence-corrected chi connectivity index (χ1v) is 10.3. The van der Waals surface area contributed by atoms with E-state index in [0.29, 0.717) is 11.4 Å². The number of halogens is 2. The molecule has 0 atom stereocenters. The van der Waals surface area contributed by atoms with E-state index in [2.05, 4.69) is 35.9 Å². The molecule has 9 nitrogen and oxygen atoms in total. The van der Waals surface area contributed by atoms with E-state index in [-0.39, 0.29) is 33.6 Å². The highest BCUT2D eigenvalue weighted by Crippen LogP contribution is 2.35. The normalized spacial score (nSPS) is 12.4. The number of nitrogens with zero attached hydrogens (tertiary/aromatic N) is 3. The third kappa shape index (κ3) is 6.17. The molecule has 0 fully saturated rings. The van der Waals surface area contributed by atoms with Crippen LogP contribution in [0.3, 0.4) is 0 Å². The van der Waals surface area contributed by atoms with Crippen molar-refractivity contribution in [3.8, 4) is 0 Å². The van der Waals surface area contributed by atoms with Gasteiger partial charge in [-0.1, -0.05) is 0 Å². The standard InChI is InChI=1S/C12H13BrFN4O5PS/c13-8-6-7(2-3-9(8)14)15-11(16-19)10-12(18-23-17-10)25-5-1-4-24(20,21)22/h2-3,6,19H,1,4-5H2,(H,15,16)(H2,20,21,22). The van der Waals surface area contributed by atoms with Crippen LogP contribution < -0.4 is 5.48 Å². The third-order valence-electron chi connectivity index (χ3n) is 2.77. The molecular weight excluding hydrogens is 442 g/mol. The number of aromatic nitrogens is 2. The van der Waals surface area contributed by atoms with Gasteiger partial charge in [0.1, 0.15) is 5.82 Å². The molecule has 1 heterocycles. The molecule has 0 saturated heterocycles. The molecule has 1 aromatic carbocycles. The van der Waals surface area contributed by atoms with Crippen LogP contribution in [0, 0.1) is 5.82 Å². The summed E-state index contributed by atoms with van der Waals surface area (Å²) < 4.78 is 28.9. The molecule has 0 saturated carbocycles. The summed E-state index contributed by atoms with van der Waals surface area (Å²) in [6, 6.07) is 4.02. The number of aliphatic imine (C=N–C) groups is 1. The first-order valence-electron chi connectivity index (χ1n) is 6.74. The highest BCUT2D eigenvalue weighted by atomic mass is 79.9. The smallest absolute Gasteiger partial charge is 0.324 e. The van der Waals surface area contributed by atoms with E-state index < -0.39 is 13.4 Å². The van der Waals surface area contributed by atoms with Crippen molar-refractivity contribution in [1.29, 1.82) is 0 Å². The summed E-state index contributed by atoms with van der Waals surface area (Å²) in [5, 5.41) is 16.9. The van der Waals surface area contributed by atoms with Gasteiger partial charge in [0.15, 0.2) is 16.6 Å². The van der Waals surface area contributed by atoms with Crippen LogP contribution in [-0.2, 0) is 4.57 Å². The molecule has 13 heteroatoms. The molecular formula is C12H13BrFN4O5PS. The second kappa shape index (κ2) is 8.88. The van der Waals surface area contributed by atoms with E-state index in [1.54, 1.807) is 0 Å². The molecule has 136 valence electrons. The lowest BCUT2D eigenvalue weighted by atomic mass is 10.3. The van der Waals surface area contributed by atoms with Crippen LogP contribution in [0.15, 0.2) is 37.3 Å². The van der Waals surface area contributed by atoms with Crippen molar-refractivity contribution < 1.29 is 28.6 Å². The fourth-order valence-corrected chi connectivity index (χ4v) is 3.66. The van der Waals surface area contributed by atoms with Crippen molar-refractivity contribution in [3.05, 3.63) is 34.2 Å². The molecule has 1 aromatic heterocycles. The van der Waals surface area contributed by atoms with Gasteiger partial charge >= 0.3 is 7.60 Å². The molecule has 0 amide bonds. The SMILES string of the molecule is O=P(O)(O)CCCSc1nonc1C(=Nc1ccc(F)c(Br)c1)NO. The second-order valence-corrected chi connectivity index (χ2v) is 8.39. The van der Waals surface area contributed by atoms with Crippen molar-refractivity contribution in [2.75, 3.05) is 11.9 Å². The number of rotatable bonds is 7. The van der Waals surface area contributed by atoms with Gasteiger partial charge in [-0.15, -0.1) is 11.8 Å². The minimum absolute atomic E-state index is 0.0720. The largest absolute Gasteiger partial charge is 0.325 e. The number of nitrogens with one attached hydrogen (secondary N) is 1. The Morgan fingerprint density at radius 2 is 2.20 bits per heavy atom. The Bertz CT molecular complexity index is 815. The first kappa shape index (κ1) is 20.0. The maximum absolute atomic E-state index is 13.3. The molecule has 0 unspecified atom stereocenters. The van der Waals surface area contributed by atoms with Crippen molar-refractivity contribution in [2.24, 2.45) is 4.99 Å². The molecule has 0 bridgehead atoms. The fourth-order valence-electron chi connectivity index (χ4n) is 1.67. The quantitative estimate of drug-likeness (QED) is 0.124. The van der Waals surface area contributed by atoms with Gasteiger partial charge in [-0.3, -0.25) is 15.3 Å². The van der Waals surface area contributed by atoms with Crippen molar-refractivity contribution >= 4 is 46.8 Å². The van der Waals surface area contributed by atoms with Crippen LogP contribution in [0.25, 0.3) is 0 Å². The Balaban J connectivity index is 2.13.